The van der Waals surface area contributed by atoms with Gasteiger partial charge in [-0.05, 0) is 48.5 Å². The predicted octanol–water partition coefficient (Wildman–Crippen LogP) is 4.26. The highest BCUT2D eigenvalue weighted by molar-refractivity contribution is 7.09. The molecule has 1 aromatic rings. The number of fused-ring (bicyclic) bond motifs is 1. The number of hydrogen-bond acceptors (Lipinski definition) is 2. The molecule has 1 heterocycles. The van der Waals surface area contributed by atoms with Crippen LogP contribution in [0.25, 0.3) is 0 Å². The first-order chi connectivity index (χ1) is 8.83. The molecule has 2 aliphatic carbocycles. The van der Waals surface area contributed by atoms with Gasteiger partial charge in [-0.1, -0.05) is 31.7 Å². The first-order valence-corrected chi connectivity index (χ1v) is 8.41. The van der Waals surface area contributed by atoms with E-state index in [1.165, 1.54) is 49.8 Å². The molecule has 2 fully saturated rings. The van der Waals surface area contributed by atoms with E-state index in [1.54, 1.807) is 11.3 Å². The Labute approximate surface area is 114 Å². The molecule has 0 aliphatic heterocycles. The van der Waals surface area contributed by atoms with Crippen molar-refractivity contribution in [3.05, 3.63) is 22.4 Å². The number of thiophene rings is 1. The highest BCUT2D eigenvalue weighted by atomic mass is 32.1. The Hall–Kier alpha value is -0.340. The zero-order valence-electron chi connectivity index (χ0n) is 11.1. The molecule has 0 bridgehead atoms. The molecular formula is C16H24OS. The summed E-state index contributed by atoms with van der Waals surface area (Å²) < 4.78 is 0. The van der Waals surface area contributed by atoms with E-state index in [1.807, 2.05) is 0 Å². The van der Waals surface area contributed by atoms with Gasteiger partial charge in [0.25, 0.3) is 0 Å². The molecule has 2 saturated carbocycles. The van der Waals surface area contributed by atoms with E-state index in [0.29, 0.717) is 5.92 Å². The number of rotatable bonds is 3. The maximum absolute atomic E-state index is 10.4. The third-order valence-corrected chi connectivity index (χ3v) is 6.01. The van der Waals surface area contributed by atoms with Gasteiger partial charge in [0.05, 0.1) is 6.10 Å². The minimum Gasteiger partial charge on any atom is -0.392 e. The van der Waals surface area contributed by atoms with Crippen molar-refractivity contribution in [2.45, 2.75) is 57.5 Å². The topological polar surface area (TPSA) is 20.2 Å². The van der Waals surface area contributed by atoms with Crippen molar-refractivity contribution in [1.29, 1.82) is 0 Å². The summed E-state index contributed by atoms with van der Waals surface area (Å²) in [5.41, 5.74) is 0. The van der Waals surface area contributed by atoms with Crippen LogP contribution in [0.2, 0.25) is 0 Å². The van der Waals surface area contributed by atoms with Crippen molar-refractivity contribution in [3.8, 4) is 0 Å². The molecule has 0 spiro atoms. The summed E-state index contributed by atoms with van der Waals surface area (Å²) in [6.45, 7) is 0. The maximum atomic E-state index is 10.4. The molecule has 1 nitrogen and oxygen atoms in total. The second-order valence-corrected chi connectivity index (χ2v) is 7.26. The van der Waals surface area contributed by atoms with Crippen LogP contribution < -0.4 is 0 Å². The lowest BCUT2D eigenvalue weighted by Gasteiger charge is -2.40. The van der Waals surface area contributed by atoms with Crippen molar-refractivity contribution in [2.75, 3.05) is 0 Å². The molecular weight excluding hydrogens is 240 g/mol. The molecule has 1 N–H and O–H groups in total. The molecule has 4 unspecified atom stereocenters. The van der Waals surface area contributed by atoms with E-state index in [0.717, 1.165) is 18.3 Å². The first kappa shape index (κ1) is 12.7. The fourth-order valence-electron chi connectivity index (χ4n) is 4.06. The van der Waals surface area contributed by atoms with Crippen molar-refractivity contribution < 1.29 is 5.11 Å². The lowest BCUT2D eigenvalue weighted by molar-refractivity contribution is 0.0365. The van der Waals surface area contributed by atoms with E-state index in [4.69, 9.17) is 0 Å². The zero-order chi connectivity index (χ0) is 12.4. The van der Waals surface area contributed by atoms with E-state index in [2.05, 4.69) is 17.5 Å². The number of hydrogen-bond donors (Lipinski definition) is 1. The summed E-state index contributed by atoms with van der Waals surface area (Å²) in [7, 11) is 0. The van der Waals surface area contributed by atoms with E-state index in [-0.39, 0.29) is 6.10 Å². The molecule has 2 heteroatoms. The third-order valence-electron chi connectivity index (χ3n) is 5.11. The summed E-state index contributed by atoms with van der Waals surface area (Å²) in [5, 5.41) is 12.6. The van der Waals surface area contributed by atoms with Crippen LogP contribution in [0.3, 0.4) is 0 Å². The Balaban J connectivity index is 1.56. The van der Waals surface area contributed by atoms with Crippen molar-refractivity contribution >= 4 is 11.3 Å². The van der Waals surface area contributed by atoms with Gasteiger partial charge < -0.3 is 5.11 Å². The smallest absolute Gasteiger partial charge is 0.0616 e. The van der Waals surface area contributed by atoms with Gasteiger partial charge in [0.1, 0.15) is 0 Å². The molecule has 0 saturated heterocycles. The monoisotopic (exact) mass is 264 g/mol. The molecule has 18 heavy (non-hydrogen) atoms. The fraction of sp³-hybridized carbons (Fsp3) is 0.750. The summed E-state index contributed by atoms with van der Waals surface area (Å²) in [5.74, 6) is 2.48. The maximum Gasteiger partial charge on any atom is 0.0616 e. The average Bonchev–Trinajstić information content (AvgIpc) is 2.91. The van der Waals surface area contributed by atoms with E-state index < -0.39 is 0 Å². The number of aliphatic hydroxyl groups is 1. The van der Waals surface area contributed by atoms with Crippen LogP contribution in [-0.4, -0.2) is 11.2 Å². The minimum atomic E-state index is -0.105. The van der Waals surface area contributed by atoms with Crippen LogP contribution in [0.5, 0.6) is 0 Å². The first-order valence-electron chi connectivity index (χ1n) is 7.53. The summed E-state index contributed by atoms with van der Waals surface area (Å²) in [4.78, 5) is 1.34. The summed E-state index contributed by atoms with van der Waals surface area (Å²) in [6.07, 6.45) is 10.4. The van der Waals surface area contributed by atoms with Gasteiger partial charge in [-0.15, -0.1) is 11.3 Å². The van der Waals surface area contributed by atoms with Gasteiger partial charge in [-0.25, -0.2) is 0 Å². The van der Waals surface area contributed by atoms with Gasteiger partial charge in [0.15, 0.2) is 0 Å². The lowest BCUT2D eigenvalue weighted by atomic mass is 9.66. The normalized spacial score (nSPS) is 33.9. The molecule has 0 amide bonds. The third kappa shape index (κ3) is 2.80. The second kappa shape index (κ2) is 5.75. The Kier molecular flexibility index (Phi) is 4.05. The van der Waals surface area contributed by atoms with Crippen LogP contribution in [0, 0.1) is 17.8 Å². The van der Waals surface area contributed by atoms with Gasteiger partial charge >= 0.3 is 0 Å². The van der Waals surface area contributed by atoms with Gasteiger partial charge in [0.2, 0.25) is 0 Å². The minimum absolute atomic E-state index is 0.105. The molecule has 0 aromatic carbocycles. The van der Waals surface area contributed by atoms with Crippen LogP contribution in [0.1, 0.15) is 49.8 Å². The Morgan fingerprint density at radius 3 is 2.78 bits per heavy atom. The molecule has 3 rings (SSSR count). The number of aliphatic hydroxyl groups excluding tert-OH is 1. The SMILES string of the molecule is OC(Cc1cccs1)C1CCC2CCCCC2C1. The van der Waals surface area contributed by atoms with Gasteiger partial charge in [0, 0.05) is 11.3 Å². The molecule has 4 atom stereocenters. The zero-order valence-corrected chi connectivity index (χ0v) is 11.9. The largest absolute Gasteiger partial charge is 0.392 e. The molecule has 1 aromatic heterocycles. The van der Waals surface area contributed by atoms with Crippen LogP contribution in [-0.2, 0) is 6.42 Å². The molecule has 2 aliphatic rings. The second-order valence-electron chi connectivity index (χ2n) is 6.23. The Bertz CT molecular complexity index is 359. The predicted molar refractivity (Wildman–Crippen MR) is 76.8 cm³/mol. The Morgan fingerprint density at radius 1 is 1.17 bits per heavy atom. The Morgan fingerprint density at radius 2 is 2.00 bits per heavy atom. The van der Waals surface area contributed by atoms with Crippen LogP contribution >= 0.6 is 11.3 Å². The molecule has 0 radical (unpaired) electrons. The van der Waals surface area contributed by atoms with E-state index >= 15 is 0 Å². The summed E-state index contributed by atoms with van der Waals surface area (Å²) >= 11 is 1.78. The fourth-order valence-corrected chi connectivity index (χ4v) is 4.82. The van der Waals surface area contributed by atoms with Crippen molar-refractivity contribution in [3.63, 3.8) is 0 Å². The standard InChI is InChI=1S/C16H24OS/c17-16(11-15-6-3-9-18-15)14-8-7-12-4-1-2-5-13(12)10-14/h3,6,9,12-14,16-17H,1-2,4-5,7-8,10-11H2. The highest BCUT2D eigenvalue weighted by Crippen LogP contribution is 2.43. The molecule has 100 valence electrons. The van der Waals surface area contributed by atoms with Gasteiger partial charge in [-0.2, -0.15) is 0 Å². The van der Waals surface area contributed by atoms with Crippen LogP contribution in [0.4, 0.5) is 0 Å². The van der Waals surface area contributed by atoms with E-state index in [9.17, 15) is 5.11 Å². The van der Waals surface area contributed by atoms with Crippen LogP contribution in [0.15, 0.2) is 17.5 Å². The van der Waals surface area contributed by atoms with Gasteiger partial charge in [-0.3, -0.25) is 0 Å². The highest BCUT2D eigenvalue weighted by Gasteiger charge is 2.34. The summed E-state index contributed by atoms with van der Waals surface area (Å²) in [6, 6.07) is 4.24. The average molecular weight is 264 g/mol. The quantitative estimate of drug-likeness (QED) is 0.865. The van der Waals surface area contributed by atoms with Crippen molar-refractivity contribution in [1.82, 2.24) is 0 Å². The lowest BCUT2D eigenvalue weighted by Crippen LogP contribution is -2.34. The van der Waals surface area contributed by atoms with Crippen molar-refractivity contribution in [2.24, 2.45) is 17.8 Å².